The lowest BCUT2D eigenvalue weighted by atomic mass is 10.1. The molecule has 1 aliphatic rings. The molecule has 2 aromatic rings. The first kappa shape index (κ1) is 19.0. The van der Waals surface area contributed by atoms with Crippen LogP contribution in [0, 0.1) is 6.92 Å². The molecule has 0 aliphatic carbocycles. The predicted octanol–water partition coefficient (Wildman–Crippen LogP) is 1.65. The van der Waals surface area contributed by atoms with Crippen molar-refractivity contribution >= 4 is 33.2 Å². The van der Waals surface area contributed by atoms with E-state index in [-0.39, 0.29) is 28.9 Å². The van der Waals surface area contributed by atoms with E-state index in [1.54, 1.807) is 31.2 Å². The molecule has 1 saturated heterocycles. The van der Waals surface area contributed by atoms with Crippen LogP contribution in [0.5, 0.6) is 0 Å². The lowest BCUT2D eigenvalue weighted by Gasteiger charge is -2.12. The fourth-order valence-corrected chi connectivity index (χ4v) is 4.53. The van der Waals surface area contributed by atoms with Crippen LogP contribution in [0.15, 0.2) is 30.3 Å². The van der Waals surface area contributed by atoms with Crippen molar-refractivity contribution < 1.29 is 18.0 Å². The molecular formula is C18H20N4O4S. The molecule has 0 saturated carbocycles. The second kappa shape index (κ2) is 7.43. The summed E-state index contributed by atoms with van der Waals surface area (Å²) in [6, 6.07) is 8.03. The van der Waals surface area contributed by atoms with Crippen LogP contribution in [-0.4, -0.2) is 47.6 Å². The summed E-state index contributed by atoms with van der Waals surface area (Å²) in [4.78, 5) is 32.4. The standard InChI is InChI=1S/C18H20N4O4S/c1-11-8-16(17(24)20-15-6-7-27(25,26)10-15)22-18(19-11)21-14-5-3-4-13(9-14)12(2)23/h3-5,8-9,15H,6-7,10H2,1-2H3,(H,20,24)(H,19,21,22). The molecule has 2 N–H and O–H groups in total. The summed E-state index contributed by atoms with van der Waals surface area (Å²) in [6.45, 7) is 3.21. The monoisotopic (exact) mass is 388 g/mol. The molecule has 1 aromatic carbocycles. The van der Waals surface area contributed by atoms with Crippen LogP contribution in [0.25, 0.3) is 0 Å². The Morgan fingerprint density at radius 3 is 2.63 bits per heavy atom. The number of Topliss-reactive ketones (excluding diaryl/α,β-unsaturated/α-hetero) is 1. The summed E-state index contributed by atoms with van der Waals surface area (Å²) >= 11 is 0. The predicted molar refractivity (Wildman–Crippen MR) is 101 cm³/mol. The van der Waals surface area contributed by atoms with Crippen LogP contribution >= 0.6 is 0 Å². The van der Waals surface area contributed by atoms with Gasteiger partial charge in [0.25, 0.3) is 5.91 Å². The third-order valence-corrected chi connectivity index (χ3v) is 5.95. The number of hydrogen-bond donors (Lipinski definition) is 2. The number of anilines is 2. The largest absolute Gasteiger partial charge is 0.347 e. The van der Waals surface area contributed by atoms with Gasteiger partial charge in [0.05, 0.1) is 11.5 Å². The molecule has 1 fully saturated rings. The maximum atomic E-state index is 12.4. The van der Waals surface area contributed by atoms with E-state index in [0.29, 0.717) is 23.4 Å². The molecule has 0 spiro atoms. The molecule has 1 aromatic heterocycles. The molecule has 1 atom stereocenters. The highest BCUT2D eigenvalue weighted by atomic mass is 32.2. The number of rotatable bonds is 5. The average molecular weight is 388 g/mol. The van der Waals surface area contributed by atoms with Gasteiger partial charge in [-0.05, 0) is 38.5 Å². The molecule has 27 heavy (non-hydrogen) atoms. The number of nitrogens with one attached hydrogen (secondary N) is 2. The molecule has 142 valence electrons. The smallest absolute Gasteiger partial charge is 0.270 e. The van der Waals surface area contributed by atoms with Gasteiger partial charge in [-0.15, -0.1) is 0 Å². The van der Waals surface area contributed by atoms with Crippen molar-refractivity contribution in [3.8, 4) is 0 Å². The number of nitrogens with zero attached hydrogens (tertiary/aromatic N) is 2. The zero-order valence-electron chi connectivity index (χ0n) is 15.0. The Labute approximate surface area is 157 Å². The second-order valence-electron chi connectivity index (χ2n) is 6.55. The number of ketones is 1. The summed E-state index contributed by atoms with van der Waals surface area (Å²) in [5.41, 5.74) is 1.91. The number of carbonyl (C=O) groups is 2. The Hall–Kier alpha value is -2.81. The Bertz CT molecular complexity index is 1000. The van der Waals surface area contributed by atoms with Crippen molar-refractivity contribution in [1.82, 2.24) is 15.3 Å². The number of aryl methyl sites for hydroxylation is 1. The van der Waals surface area contributed by atoms with Crippen LogP contribution in [-0.2, 0) is 9.84 Å². The van der Waals surface area contributed by atoms with Gasteiger partial charge in [-0.1, -0.05) is 12.1 Å². The average Bonchev–Trinajstić information content (AvgIpc) is 2.93. The van der Waals surface area contributed by atoms with Crippen molar-refractivity contribution in [2.24, 2.45) is 0 Å². The van der Waals surface area contributed by atoms with Crippen molar-refractivity contribution in [1.29, 1.82) is 0 Å². The van der Waals surface area contributed by atoms with Gasteiger partial charge < -0.3 is 10.6 Å². The van der Waals surface area contributed by atoms with E-state index in [0.717, 1.165) is 0 Å². The molecule has 2 heterocycles. The number of aromatic nitrogens is 2. The maximum Gasteiger partial charge on any atom is 0.270 e. The summed E-state index contributed by atoms with van der Waals surface area (Å²) in [7, 11) is -3.08. The van der Waals surface area contributed by atoms with Gasteiger partial charge in [0.15, 0.2) is 15.6 Å². The van der Waals surface area contributed by atoms with Gasteiger partial charge in [0, 0.05) is 23.0 Å². The van der Waals surface area contributed by atoms with Gasteiger partial charge in [-0.25, -0.2) is 18.4 Å². The Morgan fingerprint density at radius 2 is 1.96 bits per heavy atom. The SMILES string of the molecule is CC(=O)c1cccc(Nc2nc(C)cc(C(=O)NC3CCS(=O)(=O)C3)n2)c1. The Morgan fingerprint density at radius 1 is 1.19 bits per heavy atom. The summed E-state index contributed by atoms with van der Waals surface area (Å²) in [6.07, 6.45) is 0.404. The molecular weight excluding hydrogens is 368 g/mol. The quantitative estimate of drug-likeness (QED) is 0.748. The number of sulfone groups is 1. The zero-order chi connectivity index (χ0) is 19.6. The van der Waals surface area contributed by atoms with Crippen LogP contribution in [0.2, 0.25) is 0 Å². The fraction of sp³-hybridized carbons (Fsp3) is 0.333. The highest BCUT2D eigenvalue weighted by molar-refractivity contribution is 7.91. The number of benzene rings is 1. The van der Waals surface area contributed by atoms with Gasteiger partial charge >= 0.3 is 0 Å². The minimum Gasteiger partial charge on any atom is -0.347 e. The van der Waals surface area contributed by atoms with E-state index >= 15 is 0 Å². The second-order valence-corrected chi connectivity index (χ2v) is 8.78. The van der Waals surface area contributed by atoms with Gasteiger partial charge in [0.1, 0.15) is 5.69 Å². The van der Waals surface area contributed by atoms with E-state index < -0.39 is 21.8 Å². The minimum absolute atomic E-state index is 0.0498. The van der Waals surface area contributed by atoms with Crippen LogP contribution < -0.4 is 10.6 Å². The lowest BCUT2D eigenvalue weighted by molar-refractivity contribution is 0.0935. The Balaban J connectivity index is 1.77. The van der Waals surface area contributed by atoms with Gasteiger partial charge in [-0.3, -0.25) is 9.59 Å². The van der Waals surface area contributed by atoms with Crippen LogP contribution in [0.1, 0.15) is 39.9 Å². The van der Waals surface area contributed by atoms with Gasteiger partial charge in [0.2, 0.25) is 5.95 Å². The zero-order valence-corrected chi connectivity index (χ0v) is 15.8. The van der Waals surface area contributed by atoms with Crippen molar-refractivity contribution in [2.45, 2.75) is 26.3 Å². The van der Waals surface area contributed by atoms with Gasteiger partial charge in [-0.2, -0.15) is 0 Å². The fourth-order valence-electron chi connectivity index (χ4n) is 2.85. The summed E-state index contributed by atoms with van der Waals surface area (Å²) < 4.78 is 23.1. The number of hydrogen-bond acceptors (Lipinski definition) is 7. The maximum absolute atomic E-state index is 12.4. The molecule has 3 rings (SSSR count). The first-order chi connectivity index (χ1) is 12.7. The first-order valence-electron chi connectivity index (χ1n) is 8.47. The van der Waals surface area contributed by atoms with E-state index in [1.807, 2.05) is 0 Å². The number of carbonyl (C=O) groups excluding carboxylic acids is 2. The van der Waals surface area contributed by atoms with Crippen LogP contribution in [0.3, 0.4) is 0 Å². The minimum atomic E-state index is -3.08. The van der Waals surface area contributed by atoms with Crippen LogP contribution in [0.4, 0.5) is 11.6 Å². The highest BCUT2D eigenvalue weighted by Crippen LogP contribution is 2.17. The molecule has 1 amide bonds. The van der Waals surface area contributed by atoms with Crippen molar-refractivity contribution in [3.63, 3.8) is 0 Å². The normalized spacial score (nSPS) is 18.1. The summed E-state index contributed by atoms with van der Waals surface area (Å²) in [5, 5.41) is 5.70. The van der Waals surface area contributed by atoms with Crippen molar-refractivity contribution in [3.05, 3.63) is 47.3 Å². The molecule has 1 unspecified atom stereocenters. The Kier molecular flexibility index (Phi) is 5.22. The van der Waals surface area contributed by atoms with E-state index in [9.17, 15) is 18.0 Å². The highest BCUT2D eigenvalue weighted by Gasteiger charge is 2.29. The molecule has 9 heteroatoms. The molecule has 0 radical (unpaired) electrons. The molecule has 8 nitrogen and oxygen atoms in total. The first-order valence-corrected chi connectivity index (χ1v) is 10.3. The topological polar surface area (TPSA) is 118 Å². The third-order valence-electron chi connectivity index (χ3n) is 4.18. The summed E-state index contributed by atoms with van der Waals surface area (Å²) in [5.74, 6) is -0.246. The van der Waals surface area contributed by atoms with E-state index in [4.69, 9.17) is 0 Å². The van der Waals surface area contributed by atoms with E-state index in [2.05, 4.69) is 20.6 Å². The van der Waals surface area contributed by atoms with E-state index in [1.165, 1.54) is 13.0 Å². The molecule has 0 bridgehead atoms. The third kappa shape index (κ3) is 4.88. The lowest BCUT2D eigenvalue weighted by Crippen LogP contribution is -2.36. The van der Waals surface area contributed by atoms with Crippen molar-refractivity contribution in [2.75, 3.05) is 16.8 Å². The molecule has 1 aliphatic heterocycles. The number of amides is 1.